The largest absolute Gasteiger partial charge is 0.298 e. The Morgan fingerprint density at radius 3 is 2.88 bits per heavy atom. The molecule has 0 bridgehead atoms. The van der Waals surface area contributed by atoms with Gasteiger partial charge in [-0.25, -0.2) is 4.98 Å². The third kappa shape index (κ3) is 2.45. The van der Waals surface area contributed by atoms with Gasteiger partial charge in [-0.05, 0) is 20.3 Å². The first-order chi connectivity index (χ1) is 7.53. The molecule has 0 fully saturated rings. The van der Waals surface area contributed by atoms with Crippen molar-refractivity contribution in [2.45, 2.75) is 40.2 Å². The van der Waals surface area contributed by atoms with Gasteiger partial charge in [-0.3, -0.25) is 9.48 Å². The Bertz CT molecular complexity index is 418. The number of hydrogen-bond donors (Lipinski definition) is 0. The lowest BCUT2D eigenvalue weighted by Crippen LogP contribution is -2.28. The topological polar surface area (TPSA) is 71.6 Å². The van der Waals surface area contributed by atoms with E-state index >= 15 is 0 Å². The fourth-order valence-corrected chi connectivity index (χ4v) is 1.38. The highest BCUT2D eigenvalue weighted by atomic mass is 16.1. The zero-order valence-electron chi connectivity index (χ0n) is 9.90. The van der Waals surface area contributed by atoms with Gasteiger partial charge in [-0.1, -0.05) is 6.92 Å². The highest BCUT2D eigenvalue weighted by Gasteiger charge is 2.31. The number of hydrogen-bond acceptors (Lipinski definition) is 4. The Morgan fingerprint density at radius 1 is 1.69 bits per heavy atom. The van der Waals surface area contributed by atoms with Crippen molar-refractivity contribution in [1.29, 1.82) is 5.26 Å². The van der Waals surface area contributed by atoms with Gasteiger partial charge >= 0.3 is 0 Å². The van der Waals surface area contributed by atoms with Crippen molar-refractivity contribution in [3.63, 3.8) is 0 Å². The molecule has 0 aliphatic heterocycles. The number of carbonyl (C=O) groups excluding carboxylic acids is 1. The predicted octanol–water partition coefficient (Wildman–Crippen LogP) is 1.35. The minimum absolute atomic E-state index is 0.138. The lowest BCUT2D eigenvalue weighted by molar-refractivity contribution is -0.123. The lowest BCUT2D eigenvalue weighted by atomic mass is 9.84. The second-order valence-electron chi connectivity index (χ2n) is 4.08. The average molecular weight is 220 g/mol. The molecule has 0 N–H and O–H groups in total. The molecule has 0 amide bonds. The average Bonchev–Trinajstić information content (AvgIpc) is 2.66. The summed E-state index contributed by atoms with van der Waals surface area (Å²) in [6.07, 6.45) is 2.72. The van der Waals surface area contributed by atoms with E-state index in [1.54, 1.807) is 11.6 Å². The Balaban J connectivity index is 2.91. The summed E-state index contributed by atoms with van der Waals surface area (Å²) in [6, 6.07) is 2.05. The van der Waals surface area contributed by atoms with E-state index in [0.29, 0.717) is 12.2 Å². The number of nitriles is 1. The van der Waals surface area contributed by atoms with Gasteiger partial charge in [-0.2, -0.15) is 10.4 Å². The molecule has 0 radical (unpaired) electrons. The molecule has 1 rings (SSSR count). The van der Waals surface area contributed by atoms with Crippen LogP contribution < -0.4 is 0 Å². The Morgan fingerprint density at radius 2 is 2.38 bits per heavy atom. The number of Topliss-reactive ketones (excluding diaryl/α,β-unsaturated/α-hetero) is 1. The molecule has 1 atom stereocenters. The van der Waals surface area contributed by atoms with Crippen LogP contribution in [0.15, 0.2) is 6.33 Å². The highest BCUT2D eigenvalue weighted by molar-refractivity contribution is 5.84. The Labute approximate surface area is 95.1 Å². The molecule has 0 saturated heterocycles. The van der Waals surface area contributed by atoms with E-state index in [-0.39, 0.29) is 5.78 Å². The second-order valence-corrected chi connectivity index (χ2v) is 4.08. The van der Waals surface area contributed by atoms with Crippen LogP contribution in [0.1, 0.15) is 33.0 Å². The summed E-state index contributed by atoms with van der Waals surface area (Å²) in [5.74, 6) is 0.558. The molecule has 1 heterocycles. The molecule has 0 aromatic carbocycles. The number of aromatic nitrogens is 3. The quantitative estimate of drug-likeness (QED) is 0.750. The predicted molar refractivity (Wildman–Crippen MR) is 58.4 cm³/mol. The van der Waals surface area contributed by atoms with Crippen molar-refractivity contribution in [2.24, 2.45) is 5.41 Å². The fourth-order valence-electron chi connectivity index (χ4n) is 1.38. The van der Waals surface area contributed by atoms with Crippen molar-refractivity contribution in [2.75, 3.05) is 0 Å². The van der Waals surface area contributed by atoms with Crippen molar-refractivity contribution >= 4 is 5.78 Å². The summed E-state index contributed by atoms with van der Waals surface area (Å²) >= 11 is 0. The molecule has 86 valence electrons. The third-order valence-electron chi connectivity index (χ3n) is 2.67. The van der Waals surface area contributed by atoms with Gasteiger partial charge in [0.15, 0.2) is 0 Å². The van der Waals surface area contributed by atoms with Crippen molar-refractivity contribution < 1.29 is 4.79 Å². The number of aryl methyl sites for hydroxylation is 1. The maximum absolute atomic E-state index is 11.4. The highest BCUT2D eigenvalue weighted by Crippen LogP contribution is 2.21. The van der Waals surface area contributed by atoms with E-state index < -0.39 is 5.41 Å². The standard InChI is InChI=1S/C11H16N4O/c1-4-5-15-10(13-8-14-15)6-11(3,7-12)9(2)16/h8H,4-6H2,1-3H3. The summed E-state index contributed by atoms with van der Waals surface area (Å²) in [7, 11) is 0. The zero-order chi connectivity index (χ0) is 12.2. The lowest BCUT2D eigenvalue weighted by Gasteiger charge is -2.17. The summed E-state index contributed by atoms with van der Waals surface area (Å²) in [4.78, 5) is 15.5. The van der Waals surface area contributed by atoms with Gasteiger partial charge in [0.25, 0.3) is 0 Å². The van der Waals surface area contributed by atoms with Gasteiger partial charge in [-0.15, -0.1) is 0 Å². The molecular weight excluding hydrogens is 204 g/mol. The van der Waals surface area contributed by atoms with E-state index in [1.165, 1.54) is 13.3 Å². The summed E-state index contributed by atoms with van der Waals surface area (Å²) in [5.41, 5.74) is -1.00. The molecule has 5 nitrogen and oxygen atoms in total. The van der Waals surface area contributed by atoms with Crippen molar-refractivity contribution in [3.8, 4) is 6.07 Å². The molecule has 1 unspecified atom stereocenters. The normalized spacial score (nSPS) is 14.1. The Kier molecular flexibility index (Phi) is 3.78. The molecule has 1 aromatic heterocycles. The van der Waals surface area contributed by atoms with Crippen LogP contribution >= 0.6 is 0 Å². The molecule has 0 saturated carbocycles. The smallest absolute Gasteiger partial charge is 0.150 e. The summed E-state index contributed by atoms with van der Waals surface area (Å²) in [6.45, 7) is 5.87. The molecular formula is C11H16N4O. The van der Waals surface area contributed by atoms with Gasteiger partial charge in [0.05, 0.1) is 6.07 Å². The third-order valence-corrected chi connectivity index (χ3v) is 2.67. The molecule has 0 spiro atoms. The van der Waals surface area contributed by atoms with E-state index in [9.17, 15) is 4.79 Å². The van der Waals surface area contributed by atoms with Crippen LogP contribution in [0.5, 0.6) is 0 Å². The molecule has 5 heteroatoms. The first kappa shape index (κ1) is 12.4. The molecule has 0 aliphatic rings. The maximum atomic E-state index is 11.4. The molecule has 1 aromatic rings. The SMILES string of the molecule is CCCn1ncnc1CC(C)(C#N)C(C)=O. The molecule has 16 heavy (non-hydrogen) atoms. The van der Waals surface area contributed by atoms with Crippen LogP contribution in [0.2, 0.25) is 0 Å². The van der Waals surface area contributed by atoms with Crippen molar-refractivity contribution in [3.05, 3.63) is 12.2 Å². The summed E-state index contributed by atoms with van der Waals surface area (Å²) < 4.78 is 1.75. The first-order valence-corrected chi connectivity index (χ1v) is 5.32. The van der Waals surface area contributed by atoms with Gasteiger partial charge < -0.3 is 0 Å². The monoisotopic (exact) mass is 220 g/mol. The van der Waals surface area contributed by atoms with Gasteiger partial charge in [0.2, 0.25) is 0 Å². The number of rotatable bonds is 5. The van der Waals surface area contributed by atoms with Crippen LogP contribution in [0, 0.1) is 16.7 Å². The van der Waals surface area contributed by atoms with Crippen LogP contribution in [0.25, 0.3) is 0 Å². The second kappa shape index (κ2) is 4.88. The van der Waals surface area contributed by atoms with E-state index in [2.05, 4.69) is 16.2 Å². The van der Waals surface area contributed by atoms with Crippen LogP contribution in [0.4, 0.5) is 0 Å². The summed E-state index contributed by atoms with van der Waals surface area (Å²) in [5, 5.41) is 13.1. The fraction of sp³-hybridized carbons (Fsp3) is 0.636. The minimum atomic E-state index is -1.00. The van der Waals surface area contributed by atoms with Crippen LogP contribution in [-0.4, -0.2) is 20.5 Å². The van der Waals surface area contributed by atoms with Crippen molar-refractivity contribution in [1.82, 2.24) is 14.8 Å². The maximum Gasteiger partial charge on any atom is 0.150 e. The van der Waals surface area contributed by atoms with Gasteiger partial charge in [0, 0.05) is 13.0 Å². The zero-order valence-corrected chi connectivity index (χ0v) is 9.90. The van der Waals surface area contributed by atoms with Crippen LogP contribution in [0.3, 0.4) is 0 Å². The number of carbonyl (C=O) groups is 1. The Hall–Kier alpha value is -1.70. The van der Waals surface area contributed by atoms with E-state index in [1.807, 2.05) is 6.92 Å². The molecule has 0 aliphatic carbocycles. The minimum Gasteiger partial charge on any atom is -0.298 e. The van der Waals surface area contributed by atoms with E-state index in [0.717, 1.165) is 13.0 Å². The van der Waals surface area contributed by atoms with Crippen LogP contribution in [-0.2, 0) is 17.8 Å². The number of nitrogens with zero attached hydrogens (tertiary/aromatic N) is 4. The van der Waals surface area contributed by atoms with Gasteiger partial charge in [0.1, 0.15) is 23.3 Å². The number of ketones is 1. The van der Waals surface area contributed by atoms with E-state index in [4.69, 9.17) is 5.26 Å². The first-order valence-electron chi connectivity index (χ1n) is 5.32.